The van der Waals surface area contributed by atoms with Crippen LogP contribution < -0.4 is 10.6 Å². The molecule has 1 aromatic carbocycles. The molecule has 0 saturated heterocycles. The Bertz CT molecular complexity index is 1430. The Morgan fingerprint density at radius 1 is 1.05 bits per heavy atom. The van der Waals surface area contributed by atoms with Crippen LogP contribution in [-0.4, -0.2) is 37.4 Å². The smallest absolute Gasteiger partial charge is 0.255 e. The molecule has 1 saturated carbocycles. The molecule has 8 nitrogen and oxygen atoms in total. The van der Waals surface area contributed by atoms with Gasteiger partial charge >= 0.3 is 0 Å². The van der Waals surface area contributed by atoms with E-state index in [4.69, 9.17) is 0 Å². The van der Waals surface area contributed by atoms with Crippen molar-refractivity contribution in [1.29, 1.82) is 0 Å². The summed E-state index contributed by atoms with van der Waals surface area (Å²) in [6, 6.07) is 11.5. The summed E-state index contributed by atoms with van der Waals surface area (Å²) >= 11 is 0. The van der Waals surface area contributed by atoms with E-state index in [2.05, 4.69) is 51.7 Å². The van der Waals surface area contributed by atoms with Crippen LogP contribution in [0.1, 0.15) is 60.8 Å². The SMILES string of the molecule is Cc1ccc(C(=O)Nc2cc(C(C)(C)C)cnc2C)cc1-n1cc(-c2ccc(NCC3CC3)nc2)nn1. The molecule has 1 aliphatic carbocycles. The Kier molecular flexibility index (Phi) is 6.50. The molecule has 1 aliphatic rings. The van der Waals surface area contributed by atoms with Gasteiger partial charge in [0.25, 0.3) is 5.91 Å². The van der Waals surface area contributed by atoms with Crippen LogP contribution in [0.5, 0.6) is 0 Å². The lowest BCUT2D eigenvalue weighted by Gasteiger charge is -2.20. The molecule has 1 amide bonds. The first-order valence-electron chi connectivity index (χ1n) is 12.7. The number of benzene rings is 1. The number of aromatic nitrogens is 5. The second-order valence-corrected chi connectivity index (χ2v) is 10.9. The Labute approximate surface area is 217 Å². The van der Waals surface area contributed by atoms with Gasteiger partial charge in [0.1, 0.15) is 11.5 Å². The van der Waals surface area contributed by atoms with Gasteiger partial charge < -0.3 is 10.6 Å². The molecule has 0 radical (unpaired) electrons. The van der Waals surface area contributed by atoms with Gasteiger partial charge in [-0.1, -0.05) is 32.1 Å². The van der Waals surface area contributed by atoms with Crippen LogP contribution in [-0.2, 0) is 5.41 Å². The van der Waals surface area contributed by atoms with Crippen LogP contribution >= 0.6 is 0 Å². The average molecular weight is 496 g/mol. The minimum absolute atomic E-state index is 0.0645. The number of pyridine rings is 2. The zero-order chi connectivity index (χ0) is 26.2. The van der Waals surface area contributed by atoms with Crippen molar-refractivity contribution in [2.24, 2.45) is 5.92 Å². The average Bonchev–Trinajstić information content (AvgIpc) is 3.58. The molecule has 1 fully saturated rings. The van der Waals surface area contributed by atoms with Gasteiger partial charge in [0, 0.05) is 30.1 Å². The number of rotatable bonds is 7. The van der Waals surface area contributed by atoms with Crippen LogP contribution in [0.4, 0.5) is 11.5 Å². The molecule has 4 aromatic rings. The zero-order valence-corrected chi connectivity index (χ0v) is 22.0. The first-order valence-corrected chi connectivity index (χ1v) is 12.7. The Morgan fingerprint density at radius 2 is 1.86 bits per heavy atom. The summed E-state index contributed by atoms with van der Waals surface area (Å²) in [6.45, 7) is 11.2. The standard InChI is InChI=1S/C29H33N7O/c1-18-6-9-21(28(37)33-24-13-23(29(3,4)5)16-30-19(24)2)12-26(18)36-17-25(34-35-36)22-10-11-27(32-15-22)31-14-20-7-8-20/h6,9-13,15-17,20H,7-8,14H2,1-5H3,(H,31,32)(H,33,37). The number of carbonyl (C=O) groups is 1. The lowest BCUT2D eigenvalue weighted by Crippen LogP contribution is -2.17. The number of nitrogens with zero attached hydrogens (tertiary/aromatic N) is 5. The summed E-state index contributed by atoms with van der Waals surface area (Å²) in [6.07, 6.45) is 8.14. The quantitative estimate of drug-likeness (QED) is 0.341. The maximum Gasteiger partial charge on any atom is 0.255 e. The lowest BCUT2D eigenvalue weighted by atomic mass is 9.88. The molecule has 37 heavy (non-hydrogen) atoms. The zero-order valence-electron chi connectivity index (χ0n) is 22.0. The number of carbonyl (C=O) groups excluding carboxylic acids is 1. The number of anilines is 2. The van der Waals surface area contributed by atoms with Crippen molar-refractivity contribution >= 4 is 17.4 Å². The minimum Gasteiger partial charge on any atom is -0.370 e. The Hall–Kier alpha value is -4.07. The first kappa shape index (κ1) is 24.6. The summed E-state index contributed by atoms with van der Waals surface area (Å²) in [5, 5.41) is 15.1. The van der Waals surface area contributed by atoms with E-state index in [1.165, 1.54) is 12.8 Å². The highest BCUT2D eigenvalue weighted by atomic mass is 16.1. The second-order valence-electron chi connectivity index (χ2n) is 10.9. The predicted molar refractivity (Wildman–Crippen MR) is 146 cm³/mol. The van der Waals surface area contributed by atoms with Crippen LogP contribution in [0.3, 0.4) is 0 Å². The van der Waals surface area contributed by atoms with Gasteiger partial charge in [0.2, 0.25) is 0 Å². The topological polar surface area (TPSA) is 97.6 Å². The molecule has 190 valence electrons. The molecule has 8 heteroatoms. The van der Waals surface area contributed by atoms with Gasteiger partial charge in [-0.3, -0.25) is 9.78 Å². The van der Waals surface area contributed by atoms with Gasteiger partial charge in [-0.25, -0.2) is 9.67 Å². The van der Waals surface area contributed by atoms with E-state index in [0.717, 1.165) is 52.0 Å². The van der Waals surface area contributed by atoms with Crippen LogP contribution in [0.25, 0.3) is 16.9 Å². The van der Waals surface area contributed by atoms with Crippen molar-refractivity contribution in [2.75, 3.05) is 17.2 Å². The van der Waals surface area contributed by atoms with Gasteiger partial charge in [-0.2, -0.15) is 0 Å². The summed E-state index contributed by atoms with van der Waals surface area (Å²) in [5.74, 6) is 1.46. The summed E-state index contributed by atoms with van der Waals surface area (Å²) in [7, 11) is 0. The largest absolute Gasteiger partial charge is 0.370 e. The van der Waals surface area contributed by atoms with Crippen molar-refractivity contribution < 1.29 is 4.79 Å². The van der Waals surface area contributed by atoms with Crippen LogP contribution in [0.15, 0.2) is 55.0 Å². The third-order valence-corrected chi connectivity index (χ3v) is 6.74. The summed E-state index contributed by atoms with van der Waals surface area (Å²) in [5.41, 5.74) is 6.40. The maximum absolute atomic E-state index is 13.2. The van der Waals surface area contributed by atoms with Crippen molar-refractivity contribution in [3.05, 3.63) is 77.4 Å². The van der Waals surface area contributed by atoms with Gasteiger partial charge in [-0.15, -0.1) is 5.10 Å². The van der Waals surface area contributed by atoms with Gasteiger partial charge in [-0.05, 0) is 79.5 Å². The highest BCUT2D eigenvalue weighted by molar-refractivity contribution is 6.05. The fourth-order valence-electron chi connectivity index (χ4n) is 4.00. The van der Waals surface area contributed by atoms with Crippen LogP contribution in [0.2, 0.25) is 0 Å². The predicted octanol–water partition coefficient (Wildman–Crippen LogP) is 5.71. The molecular formula is C29H33N7O. The van der Waals surface area contributed by atoms with Gasteiger partial charge in [0.15, 0.2) is 0 Å². The first-order chi connectivity index (χ1) is 17.7. The van der Waals surface area contributed by atoms with E-state index in [1.807, 2.05) is 68.8 Å². The third-order valence-electron chi connectivity index (χ3n) is 6.74. The molecule has 0 atom stereocenters. The van der Waals surface area contributed by atoms with E-state index in [9.17, 15) is 4.79 Å². The molecular weight excluding hydrogens is 462 g/mol. The molecule has 5 rings (SSSR count). The fourth-order valence-corrected chi connectivity index (χ4v) is 4.00. The Balaban J connectivity index is 1.34. The van der Waals surface area contributed by atoms with E-state index < -0.39 is 0 Å². The number of amides is 1. The Morgan fingerprint density at radius 3 is 2.57 bits per heavy atom. The normalized spacial score (nSPS) is 13.4. The maximum atomic E-state index is 13.2. The molecule has 3 heterocycles. The van der Waals surface area contributed by atoms with Crippen molar-refractivity contribution in [2.45, 2.75) is 52.9 Å². The van der Waals surface area contributed by atoms with Crippen molar-refractivity contribution in [1.82, 2.24) is 25.0 Å². The molecule has 3 aromatic heterocycles. The second kappa shape index (κ2) is 9.76. The molecule has 0 unspecified atom stereocenters. The third kappa shape index (κ3) is 5.69. The van der Waals surface area contributed by atoms with Gasteiger partial charge in [0.05, 0.1) is 23.3 Å². The minimum atomic E-state index is -0.198. The lowest BCUT2D eigenvalue weighted by molar-refractivity contribution is 0.102. The number of hydrogen-bond donors (Lipinski definition) is 2. The number of aryl methyl sites for hydroxylation is 2. The van der Waals surface area contributed by atoms with Crippen molar-refractivity contribution in [3.63, 3.8) is 0 Å². The van der Waals surface area contributed by atoms with E-state index in [0.29, 0.717) is 11.3 Å². The number of nitrogens with one attached hydrogen (secondary N) is 2. The molecule has 0 bridgehead atoms. The van der Waals surface area contributed by atoms with E-state index in [1.54, 1.807) is 4.68 Å². The highest BCUT2D eigenvalue weighted by Gasteiger charge is 2.21. The summed E-state index contributed by atoms with van der Waals surface area (Å²) < 4.78 is 1.70. The highest BCUT2D eigenvalue weighted by Crippen LogP contribution is 2.29. The number of hydrogen-bond acceptors (Lipinski definition) is 6. The van der Waals surface area contributed by atoms with E-state index >= 15 is 0 Å². The monoisotopic (exact) mass is 495 g/mol. The molecule has 2 N–H and O–H groups in total. The molecule has 0 spiro atoms. The summed E-state index contributed by atoms with van der Waals surface area (Å²) in [4.78, 5) is 22.2. The molecule has 0 aliphatic heterocycles. The van der Waals surface area contributed by atoms with Crippen molar-refractivity contribution in [3.8, 4) is 16.9 Å². The van der Waals surface area contributed by atoms with E-state index in [-0.39, 0.29) is 11.3 Å². The fraction of sp³-hybridized carbons (Fsp3) is 0.345. The van der Waals surface area contributed by atoms with Crippen LogP contribution in [0, 0.1) is 19.8 Å².